The van der Waals surface area contributed by atoms with Gasteiger partial charge in [0.25, 0.3) is 0 Å². The van der Waals surface area contributed by atoms with Crippen LogP contribution in [0.3, 0.4) is 0 Å². The maximum Gasteiger partial charge on any atom is 0.387 e. The van der Waals surface area contributed by atoms with Crippen LogP contribution in [0.1, 0.15) is 40.4 Å². The third-order valence-electron chi connectivity index (χ3n) is 4.86. The lowest BCUT2D eigenvalue weighted by molar-refractivity contribution is -0.140. The molecule has 2 aromatic carbocycles. The average molecular weight is 416 g/mol. The van der Waals surface area contributed by atoms with Gasteiger partial charge < -0.3 is 14.2 Å². The molecule has 3 rings (SSSR count). The van der Waals surface area contributed by atoms with Crippen molar-refractivity contribution in [3.63, 3.8) is 0 Å². The van der Waals surface area contributed by atoms with Gasteiger partial charge in [0.15, 0.2) is 17.6 Å². The van der Waals surface area contributed by atoms with Crippen LogP contribution in [0.5, 0.6) is 11.5 Å². The molecule has 1 aliphatic rings. The Morgan fingerprint density at radius 1 is 1.03 bits per heavy atom. The van der Waals surface area contributed by atoms with Gasteiger partial charge in [-0.05, 0) is 67.2 Å². The van der Waals surface area contributed by atoms with Crippen LogP contribution in [0.15, 0.2) is 42.5 Å². The van der Waals surface area contributed by atoms with Crippen LogP contribution in [-0.4, -0.2) is 31.6 Å². The normalized spacial score (nSPS) is 13.9. The number of ketones is 1. The smallest absolute Gasteiger partial charge is 0.387 e. The van der Waals surface area contributed by atoms with E-state index in [1.54, 1.807) is 6.07 Å². The van der Waals surface area contributed by atoms with E-state index in [2.05, 4.69) is 4.74 Å². The summed E-state index contributed by atoms with van der Waals surface area (Å²) in [6, 6.07) is 9.85. The zero-order chi connectivity index (χ0) is 21.7. The fourth-order valence-electron chi connectivity index (χ4n) is 3.37. The molecule has 0 amide bonds. The number of methoxy groups -OCH3 is 1. The Kier molecular flexibility index (Phi) is 6.82. The number of fused-ring (bicyclic) bond motifs is 1. The van der Waals surface area contributed by atoms with Crippen molar-refractivity contribution in [2.24, 2.45) is 0 Å². The largest absolute Gasteiger partial charge is 0.493 e. The van der Waals surface area contributed by atoms with Crippen molar-refractivity contribution in [1.29, 1.82) is 0 Å². The third-order valence-corrected chi connectivity index (χ3v) is 4.86. The van der Waals surface area contributed by atoms with Gasteiger partial charge in [-0.3, -0.25) is 4.79 Å². The maximum absolute atomic E-state index is 12.6. The molecule has 0 bridgehead atoms. The molecular formula is C23H22F2O5. The number of esters is 1. The van der Waals surface area contributed by atoms with Gasteiger partial charge in [-0.15, -0.1) is 0 Å². The van der Waals surface area contributed by atoms with Crippen LogP contribution < -0.4 is 9.47 Å². The van der Waals surface area contributed by atoms with Crippen LogP contribution in [-0.2, 0) is 22.4 Å². The molecule has 0 saturated carbocycles. The molecule has 1 atom stereocenters. The summed E-state index contributed by atoms with van der Waals surface area (Å²) < 4.78 is 39.4. The number of carbonyl (C=O) groups is 2. The maximum atomic E-state index is 12.6. The molecule has 0 N–H and O–H groups in total. The molecule has 158 valence electrons. The number of Topliss-reactive ketones (excluding diaryl/α,β-unsaturated/α-hetero) is 1. The Labute approximate surface area is 173 Å². The molecule has 7 heteroatoms. The number of hydrogen-bond donors (Lipinski definition) is 0. The number of benzene rings is 2. The standard InChI is InChI=1S/C23H22F2O5/c1-14(22(27)18-9-8-16-4-3-5-17(16)13-18)29-21(26)11-7-15-6-10-19(30-23(24)25)20(12-15)28-2/h6-14,23H,3-5H2,1-2H3/b11-7+/t14-/m1/s1. The van der Waals surface area contributed by atoms with Crippen LogP contribution in [0.4, 0.5) is 8.78 Å². The number of carbonyl (C=O) groups excluding carboxylic acids is 2. The van der Waals surface area contributed by atoms with Gasteiger partial charge in [-0.2, -0.15) is 8.78 Å². The van der Waals surface area contributed by atoms with Gasteiger partial charge in [0.1, 0.15) is 0 Å². The van der Waals surface area contributed by atoms with Gasteiger partial charge in [0, 0.05) is 11.6 Å². The van der Waals surface area contributed by atoms with E-state index >= 15 is 0 Å². The van der Waals surface area contributed by atoms with Gasteiger partial charge >= 0.3 is 12.6 Å². The summed E-state index contributed by atoms with van der Waals surface area (Å²) in [5, 5.41) is 0. The molecule has 0 aliphatic heterocycles. The number of ether oxygens (including phenoxy) is 3. The average Bonchev–Trinajstić information content (AvgIpc) is 3.19. The fraction of sp³-hybridized carbons (Fsp3) is 0.304. The minimum absolute atomic E-state index is 0.103. The first kappa shape index (κ1) is 21.5. The second-order valence-electron chi connectivity index (χ2n) is 6.90. The van der Waals surface area contributed by atoms with Crippen molar-refractivity contribution >= 4 is 17.8 Å². The molecule has 0 heterocycles. The van der Waals surface area contributed by atoms with E-state index in [4.69, 9.17) is 9.47 Å². The van der Waals surface area contributed by atoms with E-state index in [0.717, 1.165) is 25.3 Å². The van der Waals surface area contributed by atoms with Crippen molar-refractivity contribution in [2.45, 2.75) is 38.9 Å². The molecular weight excluding hydrogens is 394 g/mol. The summed E-state index contributed by atoms with van der Waals surface area (Å²) in [5.74, 6) is -0.961. The fourth-order valence-corrected chi connectivity index (χ4v) is 3.37. The lowest BCUT2D eigenvalue weighted by Crippen LogP contribution is -2.23. The van der Waals surface area contributed by atoms with Crippen molar-refractivity contribution in [1.82, 2.24) is 0 Å². The molecule has 5 nitrogen and oxygen atoms in total. The van der Waals surface area contributed by atoms with Crippen molar-refractivity contribution in [3.05, 3.63) is 64.7 Å². The SMILES string of the molecule is COc1cc(/C=C/C(=O)O[C@H](C)C(=O)c2ccc3c(c2)CCC3)ccc1OC(F)F. The Morgan fingerprint density at radius 2 is 1.80 bits per heavy atom. The first-order chi connectivity index (χ1) is 14.4. The Bertz CT molecular complexity index is 968. The summed E-state index contributed by atoms with van der Waals surface area (Å²) in [7, 11) is 1.32. The summed E-state index contributed by atoms with van der Waals surface area (Å²) >= 11 is 0. The minimum atomic E-state index is -2.97. The Hall–Kier alpha value is -3.22. The predicted octanol–water partition coefficient (Wildman–Crippen LogP) is 4.61. The van der Waals surface area contributed by atoms with Crippen molar-refractivity contribution < 1.29 is 32.6 Å². The van der Waals surface area contributed by atoms with Crippen LogP contribution in [0.25, 0.3) is 6.08 Å². The third kappa shape index (κ3) is 5.23. The highest BCUT2D eigenvalue weighted by Crippen LogP contribution is 2.30. The number of rotatable bonds is 8. The summed E-state index contributed by atoms with van der Waals surface area (Å²) in [4.78, 5) is 24.7. The highest BCUT2D eigenvalue weighted by Gasteiger charge is 2.21. The van der Waals surface area contributed by atoms with Gasteiger partial charge in [0.05, 0.1) is 7.11 Å². The van der Waals surface area contributed by atoms with E-state index in [0.29, 0.717) is 11.1 Å². The van der Waals surface area contributed by atoms with Crippen LogP contribution >= 0.6 is 0 Å². The topological polar surface area (TPSA) is 61.8 Å². The quantitative estimate of drug-likeness (QED) is 0.357. The molecule has 0 fully saturated rings. The van der Waals surface area contributed by atoms with Crippen molar-refractivity contribution in [3.8, 4) is 11.5 Å². The number of aryl methyl sites for hydroxylation is 2. The van der Waals surface area contributed by atoms with E-state index in [-0.39, 0.29) is 17.3 Å². The predicted molar refractivity (Wildman–Crippen MR) is 107 cm³/mol. The van der Waals surface area contributed by atoms with E-state index in [1.807, 2.05) is 12.1 Å². The number of halogens is 2. The molecule has 30 heavy (non-hydrogen) atoms. The molecule has 1 aliphatic carbocycles. The second-order valence-corrected chi connectivity index (χ2v) is 6.90. The molecule has 0 spiro atoms. The lowest BCUT2D eigenvalue weighted by atomic mass is 10.0. The summed E-state index contributed by atoms with van der Waals surface area (Å²) in [6.45, 7) is -1.44. The Balaban J connectivity index is 1.61. The molecule has 2 aromatic rings. The zero-order valence-electron chi connectivity index (χ0n) is 16.7. The van der Waals surface area contributed by atoms with E-state index in [1.165, 1.54) is 49.4 Å². The van der Waals surface area contributed by atoms with Gasteiger partial charge in [0.2, 0.25) is 5.78 Å². The highest BCUT2D eigenvalue weighted by molar-refractivity contribution is 6.01. The Morgan fingerprint density at radius 3 is 2.53 bits per heavy atom. The summed E-state index contributed by atoms with van der Waals surface area (Å²) in [5.41, 5.74) is 3.48. The lowest BCUT2D eigenvalue weighted by Gasteiger charge is -2.12. The number of hydrogen-bond acceptors (Lipinski definition) is 5. The van der Waals surface area contributed by atoms with Crippen LogP contribution in [0, 0.1) is 0 Å². The zero-order valence-corrected chi connectivity index (χ0v) is 16.7. The van der Waals surface area contributed by atoms with E-state index in [9.17, 15) is 18.4 Å². The van der Waals surface area contributed by atoms with Gasteiger partial charge in [-0.25, -0.2) is 4.79 Å². The monoisotopic (exact) mass is 416 g/mol. The van der Waals surface area contributed by atoms with Crippen LogP contribution in [0.2, 0.25) is 0 Å². The second kappa shape index (κ2) is 9.52. The first-order valence-corrected chi connectivity index (χ1v) is 9.55. The van der Waals surface area contributed by atoms with E-state index < -0.39 is 18.7 Å². The first-order valence-electron chi connectivity index (χ1n) is 9.55. The minimum Gasteiger partial charge on any atom is -0.493 e. The molecule has 0 unspecified atom stereocenters. The number of alkyl halides is 2. The molecule has 0 saturated heterocycles. The molecule has 0 aromatic heterocycles. The van der Waals surface area contributed by atoms with Gasteiger partial charge in [-0.1, -0.05) is 18.2 Å². The van der Waals surface area contributed by atoms with Crippen molar-refractivity contribution in [2.75, 3.05) is 7.11 Å². The highest BCUT2D eigenvalue weighted by atomic mass is 19.3. The molecule has 0 radical (unpaired) electrons. The summed E-state index contributed by atoms with van der Waals surface area (Å²) in [6.07, 6.45) is 4.73.